The highest BCUT2D eigenvalue weighted by Crippen LogP contribution is 2.11. The standard InChI is InChI=1S/C11H15O2S/c1-2-3-7-10-14(12,13)11-8-5-4-6-9-11/h4-6,8H,2-3,7,10H2,1H3. The first-order valence-electron chi connectivity index (χ1n) is 4.86. The van der Waals surface area contributed by atoms with Gasteiger partial charge >= 0.3 is 0 Å². The van der Waals surface area contributed by atoms with Crippen LogP contribution in [-0.4, -0.2) is 14.2 Å². The molecule has 0 heterocycles. The molecule has 0 spiro atoms. The summed E-state index contributed by atoms with van der Waals surface area (Å²) in [5.74, 6) is 0.237. The predicted molar refractivity (Wildman–Crippen MR) is 56.9 cm³/mol. The molecule has 1 radical (unpaired) electrons. The molecule has 1 rings (SSSR count). The van der Waals surface area contributed by atoms with E-state index in [4.69, 9.17) is 0 Å². The van der Waals surface area contributed by atoms with Crippen LogP contribution in [0, 0.1) is 6.07 Å². The van der Waals surface area contributed by atoms with Crippen LogP contribution in [0.5, 0.6) is 0 Å². The van der Waals surface area contributed by atoms with E-state index in [2.05, 4.69) is 13.0 Å². The van der Waals surface area contributed by atoms with Crippen LogP contribution in [0.15, 0.2) is 29.2 Å². The lowest BCUT2D eigenvalue weighted by Crippen LogP contribution is -2.06. The van der Waals surface area contributed by atoms with E-state index < -0.39 is 9.84 Å². The second-order valence-corrected chi connectivity index (χ2v) is 5.33. The molecule has 77 valence electrons. The summed E-state index contributed by atoms with van der Waals surface area (Å²) in [5, 5.41) is 0. The topological polar surface area (TPSA) is 34.1 Å². The molecular formula is C11H15O2S. The Morgan fingerprint density at radius 3 is 2.64 bits per heavy atom. The highest BCUT2D eigenvalue weighted by molar-refractivity contribution is 7.91. The first-order chi connectivity index (χ1) is 6.67. The maximum absolute atomic E-state index is 11.7. The maximum Gasteiger partial charge on any atom is 0.178 e. The van der Waals surface area contributed by atoms with Gasteiger partial charge in [-0.2, -0.15) is 0 Å². The van der Waals surface area contributed by atoms with Crippen LogP contribution in [0.2, 0.25) is 0 Å². The minimum Gasteiger partial charge on any atom is -0.224 e. The van der Waals surface area contributed by atoms with Gasteiger partial charge in [-0.05, 0) is 12.5 Å². The van der Waals surface area contributed by atoms with Crippen molar-refractivity contribution in [1.29, 1.82) is 0 Å². The molecule has 1 aromatic rings. The quantitative estimate of drug-likeness (QED) is 0.701. The largest absolute Gasteiger partial charge is 0.224 e. The Morgan fingerprint density at radius 1 is 1.29 bits per heavy atom. The lowest BCUT2D eigenvalue weighted by molar-refractivity contribution is 0.591. The summed E-state index contributed by atoms with van der Waals surface area (Å²) in [5.41, 5.74) is 0. The highest BCUT2D eigenvalue weighted by atomic mass is 32.2. The van der Waals surface area contributed by atoms with Gasteiger partial charge in [0.15, 0.2) is 9.84 Å². The van der Waals surface area contributed by atoms with Gasteiger partial charge in [0.1, 0.15) is 0 Å². The van der Waals surface area contributed by atoms with Crippen molar-refractivity contribution in [3.8, 4) is 0 Å². The van der Waals surface area contributed by atoms with Crippen LogP contribution in [0.25, 0.3) is 0 Å². The van der Waals surface area contributed by atoms with Crippen LogP contribution in [0.1, 0.15) is 26.2 Å². The number of hydrogen-bond donors (Lipinski definition) is 0. The molecule has 0 aliphatic rings. The van der Waals surface area contributed by atoms with Crippen molar-refractivity contribution in [1.82, 2.24) is 0 Å². The van der Waals surface area contributed by atoms with Gasteiger partial charge in [0.05, 0.1) is 10.6 Å². The third-order valence-corrected chi connectivity index (χ3v) is 3.78. The number of rotatable bonds is 5. The van der Waals surface area contributed by atoms with Crippen molar-refractivity contribution >= 4 is 9.84 Å². The lowest BCUT2D eigenvalue weighted by Gasteiger charge is -2.02. The van der Waals surface area contributed by atoms with Crippen molar-refractivity contribution in [3.05, 3.63) is 30.3 Å². The minimum absolute atomic E-state index is 0.237. The van der Waals surface area contributed by atoms with Gasteiger partial charge in [0.25, 0.3) is 0 Å². The van der Waals surface area contributed by atoms with Crippen LogP contribution in [-0.2, 0) is 9.84 Å². The summed E-state index contributed by atoms with van der Waals surface area (Å²) in [4.78, 5) is 0.316. The molecule has 14 heavy (non-hydrogen) atoms. The molecule has 0 bridgehead atoms. The van der Waals surface area contributed by atoms with Gasteiger partial charge in [-0.25, -0.2) is 8.42 Å². The van der Waals surface area contributed by atoms with Gasteiger partial charge in [0, 0.05) is 6.07 Å². The SMILES string of the molecule is CCCCCS(=O)(=O)c1[c]cccc1. The lowest BCUT2D eigenvalue weighted by atomic mass is 10.3. The Balaban J connectivity index is 2.67. The summed E-state index contributed by atoms with van der Waals surface area (Å²) in [6.45, 7) is 2.06. The third kappa shape index (κ3) is 3.14. The molecule has 0 atom stereocenters. The van der Waals surface area contributed by atoms with E-state index in [0.29, 0.717) is 4.90 Å². The highest BCUT2D eigenvalue weighted by Gasteiger charge is 2.12. The molecule has 0 aliphatic carbocycles. The zero-order valence-corrected chi connectivity index (χ0v) is 9.18. The Labute approximate surface area is 85.9 Å². The van der Waals surface area contributed by atoms with Gasteiger partial charge in [-0.1, -0.05) is 38.0 Å². The van der Waals surface area contributed by atoms with Crippen molar-refractivity contribution < 1.29 is 8.42 Å². The fourth-order valence-corrected chi connectivity index (χ4v) is 2.56. The Hall–Kier alpha value is -0.830. The van der Waals surface area contributed by atoms with Gasteiger partial charge in [0.2, 0.25) is 0 Å². The van der Waals surface area contributed by atoms with E-state index in [1.165, 1.54) is 0 Å². The number of benzene rings is 1. The zero-order chi connectivity index (χ0) is 10.4. The van der Waals surface area contributed by atoms with E-state index >= 15 is 0 Å². The number of unbranched alkanes of at least 4 members (excludes halogenated alkanes) is 2. The summed E-state index contributed by atoms with van der Waals surface area (Å²) >= 11 is 0. The molecule has 0 N–H and O–H groups in total. The maximum atomic E-state index is 11.7. The molecule has 0 aromatic heterocycles. The van der Waals surface area contributed by atoms with Gasteiger partial charge in [-0.3, -0.25) is 0 Å². The fourth-order valence-electron chi connectivity index (χ4n) is 1.22. The minimum atomic E-state index is -3.09. The van der Waals surface area contributed by atoms with E-state index in [9.17, 15) is 8.42 Å². The van der Waals surface area contributed by atoms with Crippen LogP contribution in [0.4, 0.5) is 0 Å². The number of hydrogen-bond acceptors (Lipinski definition) is 2. The molecule has 2 nitrogen and oxygen atoms in total. The van der Waals surface area contributed by atoms with Crippen LogP contribution in [0.3, 0.4) is 0 Å². The molecule has 0 saturated heterocycles. The first kappa shape index (κ1) is 11.2. The predicted octanol–water partition coefficient (Wildman–Crippen LogP) is 2.45. The molecule has 1 aromatic carbocycles. The Morgan fingerprint density at radius 2 is 2.07 bits per heavy atom. The summed E-state index contributed by atoms with van der Waals surface area (Å²) in [6, 6.07) is 9.47. The molecule has 3 heteroatoms. The van der Waals surface area contributed by atoms with Crippen molar-refractivity contribution in [2.45, 2.75) is 31.1 Å². The van der Waals surface area contributed by atoms with E-state index in [1.54, 1.807) is 24.3 Å². The normalized spacial score (nSPS) is 11.5. The van der Waals surface area contributed by atoms with Crippen molar-refractivity contribution in [2.75, 3.05) is 5.75 Å². The second kappa shape index (κ2) is 5.15. The second-order valence-electron chi connectivity index (χ2n) is 3.25. The average Bonchev–Trinajstić information content (AvgIpc) is 2.19. The fraction of sp³-hybridized carbons (Fsp3) is 0.455. The summed E-state index contributed by atoms with van der Waals surface area (Å²) in [6.07, 6.45) is 2.74. The Kier molecular flexibility index (Phi) is 4.14. The van der Waals surface area contributed by atoms with Crippen molar-refractivity contribution in [3.63, 3.8) is 0 Å². The molecule has 0 aliphatic heterocycles. The van der Waals surface area contributed by atoms with Crippen LogP contribution >= 0.6 is 0 Å². The first-order valence-corrected chi connectivity index (χ1v) is 6.51. The zero-order valence-electron chi connectivity index (χ0n) is 8.36. The summed E-state index contributed by atoms with van der Waals surface area (Å²) < 4.78 is 23.4. The van der Waals surface area contributed by atoms with E-state index in [-0.39, 0.29) is 5.75 Å². The molecule has 0 unspecified atom stereocenters. The third-order valence-electron chi connectivity index (χ3n) is 2.03. The molecular weight excluding hydrogens is 196 g/mol. The average molecular weight is 211 g/mol. The summed E-state index contributed by atoms with van der Waals surface area (Å²) in [7, 11) is -3.09. The molecule has 0 amide bonds. The number of sulfone groups is 1. The Bertz CT molecular complexity index is 354. The molecule has 0 fully saturated rings. The molecule has 0 saturated carbocycles. The smallest absolute Gasteiger partial charge is 0.178 e. The van der Waals surface area contributed by atoms with Gasteiger partial charge in [-0.15, -0.1) is 0 Å². The van der Waals surface area contributed by atoms with Crippen molar-refractivity contribution in [2.24, 2.45) is 0 Å². The van der Waals surface area contributed by atoms with Gasteiger partial charge < -0.3 is 0 Å². The monoisotopic (exact) mass is 211 g/mol. The van der Waals surface area contributed by atoms with E-state index in [0.717, 1.165) is 19.3 Å². The van der Waals surface area contributed by atoms with E-state index in [1.807, 2.05) is 0 Å². The van der Waals surface area contributed by atoms with Crippen LogP contribution < -0.4 is 0 Å².